The first kappa shape index (κ1) is 21.1. The Balaban J connectivity index is 2.92. The van der Waals surface area contributed by atoms with Crippen LogP contribution in [-0.4, -0.2) is 51.2 Å². The summed E-state index contributed by atoms with van der Waals surface area (Å²) in [5.41, 5.74) is 0. The van der Waals surface area contributed by atoms with E-state index in [9.17, 15) is 9.59 Å². The van der Waals surface area contributed by atoms with Crippen molar-refractivity contribution in [2.45, 2.75) is 84.4 Å². The van der Waals surface area contributed by atoms with Gasteiger partial charge in [-0.25, -0.2) is 0 Å². The maximum Gasteiger partial charge on any atom is 0.303 e. The van der Waals surface area contributed by atoms with E-state index in [1.54, 1.807) is 0 Å². The summed E-state index contributed by atoms with van der Waals surface area (Å²) >= 11 is 0. The molecule has 1 saturated heterocycles. The van der Waals surface area contributed by atoms with Gasteiger partial charge >= 0.3 is 11.9 Å². The molecular formula is C17H32O6Si. The van der Waals surface area contributed by atoms with Gasteiger partial charge in [0.15, 0.2) is 12.4 Å². The summed E-state index contributed by atoms with van der Waals surface area (Å²) in [5.74, 6) is -0.927. The monoisotopic (exact) mass is 360 g/mol. The summed E-state index contributed by atoms with van der Waals surface area (Å²) < 4.78 is 22.8. The number of hydrogen-bond acceptors (Lipinski definition) is 6. The van der Waals surface area contributed by atoms with E-state index in [0.29, 0.717) is 6.61 Å². The van der Waals surface area contributed by atoms with E-state index in [4.69, 9.17) is 18.9 Å². The number of carbonyl (C=O) groups excluding carboxylic acids is 2. The summed E-state index contributed by atoms with van der Waals surface area (Å²) in [6, 6.07) is 0.976. The molecule has 0 amide bonds. The molecule has 1 heterocycles. The van der Waals surface area contributed by atoms with Crippen LogP contribution in [0.3, 0.4) is 0 Å². The highest BCUT2D eigenvalue weighted by atomic mass is 28.3. The predicted molar refractivity (Wildman–Crippen MR) is 93.3 cm³/mol. The third kappa shape index (κ3) is 6.53. The van der Waals surface area contributed by atoms with E-state index < -0.39 is 38.5 Å². The Kier molecular flexibility index (Phi) is 7.89. The molecule has 0 saturated carbocycles. The number of rotatable bonds is 7. The molecule has 140 valence electrons. The second-order valence-corrected chi connectivity index (χ2v) is 13.3. The quantitative estimate of drug-likeness (QED) is 0.513. The summed E-state index contributed by atoms with van der Waals surface area (Å²) in [5, 5.41) is 0. The number of hydrogen-bond donors (Lipinski definition) is 0. The second kappa shape index (κ2) is 8.96. The fraction of sp³-hybridized carbons (Fsp3) is 0.882. The van der Waals surface area contributed by atoms with Crippen LogP contribution in [0.15, 0.2) is 0 Å². The lowest BCUT2D eigenvalue weighted by molar-refractivity contribution is -0.289. The molecule has 0 unspecified atom stereocenters. The highest BCUT2D eigenvalue weighted by Crippen LogP contribution is 2.32. The van der Waals surface area contributed by atoms with Gasteiger partial charge in [0.25, 0.3) is 0 Å². The van der Waals surface area contributed by atoms with Crippen LogP contribution in [0.4, 0.5) is 0 Å². The fourth-order valence-corrected chi connectivity index (χ4v) is 3.53. The molecule has 24 heavy (non-hydrogen) atoms. The van der Waals surface area contributed by atoms with E-state index in [2.05, 4.69) is 19.6 Å². The largest absolute Gasteiger partial charge is 0.458 e. The molecule has 0 aromatic rings. The standard InChI is InChI=1S/C17H32O6Si/c1-8-14-11(2)15(21-12(3)18)16(22-13(4)19)17(23-14)20-9-10-24(5,6)7/h11,14-17H,8-10H2,1-7H3/t11-,14-,15+,16-,17-/m1/s1. The first-order chi connectivity index (χ1) is 11.0. The molecule has 1 fully saturated rings. The van der Waals surface area contributed by atoms with E-state index >= 15 is 0 Å². The van der Waals surface area contributed by atoms with Gasteiger partial charge in [0.05, 0.1) is 6.10 Å². The molecule has 0 aliphatic carbocycles. The van der Waals surface area contributed by atoms with Gasteiger partial charge in [-0.1, -0.05) is 33.5 Å². The zero-order valence-corrected chi connectivity index (χ0v) is 17.0. The van der Waals surface area contributed by atoms with Crippen LogP contribution in [0.1, 0.15) is 34.1 Å². The van der Waals surface area contributed by atoms with Crippen LogP contribution in [0.5, 0.6) is 0 Å². The lowest BCUT2D eigenvalue weighted by Gasteiger charge is -2.44. The molecule has 1 rings (SSSR count). The zero-order valence-electron chi connectivity index (χ0n) is 16.0. The summed E-state index contributed by atoms with van der Waals surface area (Å²) in [6.07, 6.45) is -1.37. The number of ether oxygens (including phenoxy) is 4. The maximum absolute atomic E-state index is 11.5. The minimum absolute atomic E-state index is 0.0832. The normalized spacial score (nSPS) is 30.7. The van der Waals surface area contributed by atoms with Crippen molar-refractivity contribution in [2.75, 3.05) is 6.61 Å². The van der Waals surface area contributed by atoms with Crippen LogP contribution in [0.2, 0.25) is 25.7 Å². The van der Waals surface area contributed by atoms with Gasteiger partial charge in [0, 0.05) is 34.4 Å². The molecule has 1 aliphatic rings. The van der Waals surface area contributed by atoms with Crippen molar-refractivity contribution in [2.24, 2.45) is 5.92 Å². The van der Waals surface area contributed by atoms with Crippen LogP contribution in [-0.2, 0) is 28.5 Å². The van der Waals surface area contributed by atoms with Crippen molar-refractivity contribution in [3.63, 3.8) is 0 Å². The van der Waals surface area contributed by atoms with E-state index in [1.165, 1.54) is 13.8 Å². The minimum Gasteiger partial charge on any atom is -0.458 e. The van der Waals surface area contributed by atoms with Gasteiger partial charge in [-0.15, -0.1) is 0 Å². The van der Waals surface area contributed by atoms with Crippen LogP contribution in [0.25, 0.3) is 0 Å². The second-order valence-electron chi connectivity index (χ2n) is 7.64. The summed E-state index contributed by atoms with van der Waals surface area (Å²) in [6.45, 7) is 14.0. The Morgan fingerprint density at radius 3 is 2.04 bits per heavy atom. The molecule has 0 spiro atoms. The predicted octanol–water partition coefficient (Wildman–Crippen LogP) is 2.98. The Morgan fingerprint density at radius 2 is 1.58 bits per heavy atom. The van der Waals surface area contributed by atoms with Crippen molar-refractivity contribution < 1.29 is 28.5 Å². The third-order valence-electron chi connectivity index (χ3n) is 4.15. The average Bonchev–Trinajstić information content (AvgIpc) is 2.43. The Hall–Kier alpha value is -0.923. The summed E-state index contributed by atoms with van der Waals surface area (Å²) in [7, 11) is -1.25. The van der Waals surface area contributed by atoms with Gasteiger partial charge in [-0.05, 0) is 12.5 Å². The SMILES string of the molecule is CC[C@H]1O[C@@H](OCC[Si](C)(C)C)[C@H](OC(C)=O)[C@@H](OC(C)=O)[C@@H]1C. The molecule has 1 aliphatic heterocycles. The van der Waals surface area contributed by atoms with Gasteiger partial charge < -0.3 is 18.9 Å². The lowest BCUT2D eigenvalue weighted by Crippen LogP contribution is -2.57. The van der Waals surface area contributed by atoms with Crippen molar-refractivity contribution in [1.29, 1.82) is 0 Å². The number of esters is 2. The highest BCUT2D eigenvalue weighted by Gasteiger charge is 2.47. The van der Waals surface area contributed by atoms with E-state index in [-0.39, 0.29) is 12.0 Å². The van der Waals surface area contributed by atoms with E-state index in [0.717, 1.165) is 12.5 Å². The van der Waals surface area contributed by atoms with E-state index in [1.807, 2.05) is 13.8 Å². The molecule has 6 nitrogen and oxygen atoms in total. The first-order valence-electron chi connectivity index (χ1n) is 8.66. The molecule has 0 aromatic carbocycles. The molecule has 7 heteroatoms. The number of carbonyl (C=O) groups is 2. The molecule has 0 aromatic heterocycles. The first-order valence-corrected chi connectivity index (χ1v) is 12.4. The maximum atomic E-state index is 11.5. The van der Waals surface area contributed by atoms with Crippen molar-refractivity contribution in [1.82, 2.24) is 0 Å². The molecule has 0 radical (unpaired) electrons. The Labute approximate surface area is 146 Å². The zero-order chi connectivity index (χ0) is 18.5. The van der Waals surface area contributed by atoms with Crippen LogP contribution >= 0.6 is 0 Å². The molecule has 0 bridgehead atoms. The average molecular weight is 361 g/mol. The molecule has 5 atom stereocenters. The highest BCUT2D eigenvalue weighted by molar-refractivity contribution is 6.76. The van der Waals surface area contributed by atoms with Crippen LogP contribution in [0, 0.1) is 5.92 Å². The van der Waals surface area contributed by atoms with Gasteiger partial charge in [-0.2, -0.15) is 0 Å². The van der Waals surface area contributed by atoms with Crippen molar-refractivity contribution in [3.8, 4) is 0 Å². The Bertz CT molecular complexity index is 433. The van der Waals surface area contributed by atoms with Crippen molar-refractivity contribution >= 4 is 20.0 Å². The van der Waals surface area contributed by atoms with Crippen LogP contribution < -0.4 is 0 Å². The fourth-order valence-electron chi connectivity index (χ4n) is 2.80. The van der Waals surface area contributed by atoms with Gasteiger partial charge in [0.2, 0.25) is 0 Å². The molecule has 0 N–H and O–H groups in total. The molecular weight excluding hydrogens is 328 g/mol. The Morgan fingerprint density at radius 1 is 1.04 bits per heavy atom. The minimum atomic E-state index is -1.25. The van der Waals surface area contributed by atoms with Gasteiger partial charge in [-0.3, -0.25) is 9.59 Å². The summed E-state index contributed by atoms with van der Waals surface area (Å²) in [4.78, 5) is 23.0. The smallest absolute Gasteiger partial charge is 0.303 e. The van der Waals surface area contributed by atoms with Crippen molar-refractivity contribution in [3.05, 3.63) is 0 Å². The third-order valence-corrected chi connectivity index (χ3v) is 5.85. The topological polar surface area (TPSA) is 71.1 Å². The lowest BCUT2D eigenvalue weighted by atomic mass is 9.89. The van der Waals surface area contributed by atoms with Gasteiger partial charge in [0.1, 0.15) is 6.10 Å².